The van der Waals surface area contributed by atoms with Gasteiger partial charge in [-0.1, -0.05) is 27.7 Å². The summed E-state index contributed by atoms with van der Waals surface area (Å²) >= 11 is 0. The Morgan fingerprint density at radius 1 is 0.630 bits per heavy atom. The molecule has 1 aliphatic rings. The third kappa shape index (κ3) is 15.3. The zero-order valence-electron chi connectivity index (χ0n) is 18.3. The fraction of sp³-hybridized carbons (Fsp3) is 1.00. The lowest BCUT2D eigenvalue weighted by Crippen LogP contribution is -2.49. The van der Waals surface area contributed by atoms with Crippen LogP contribution in [0.4, 0.5) is 0 Å². The van der Waals surface area contributed by atoms with Crippen molar-refractivity contribution in [3.63, 3.8) is 0 Å². The highest BCUT2D eigenvalue weighted by molar-refractivity contribution is 4.73. The first-order chi connectivity index (χ1) is 13.1. The van der Waals surface area contributed by atoms with Gasteiger partial charge in [-0.05, 0) is 0 Å². The van der Waals surface area contributed by atoms with Crippen molar-refractivity contribution in [3.8, 4) is 0 Å². The Kier molecular flexibility index (Phi) is 15.3. The van der Waals surface area contributed by atoms with Crippen molar-refractivity contribution in [2.24, 2.45) is 0 Å². The van der Waals surface area contributed by atoms with Gasteiger partial charge >= 0.3 is 0 Å². The predicted molar refractivity (Wildman–Crippen MR) is 114 cm³/mol. The first-order valence-electron chi connectivity index (χ1n) is 10.9. The van der Waals surface area contributed by atoms with E-state index in [9.17, 15) is 0 Å². The van der Waals surface area contributed by atoms with Crippen LogP contribution >= 0.6 is 0 Å². The van der Waals surface area contributed by atoms with E-state index in [1.54, 1.807) is 0 Å². The van der Waals surface area contributed by atoms with Crippen LogP contribution in [0.15, 0.2) is 0 Å². The quantitative estimate of drug-likeness (QED) is 0.309. The Morgan fingerprint density at radius 3 is 1.67 bits per heavy atom. The summed E-state index contributed by atoms with van der Waals surface area (Å²) in [5.41, 5.74) is 0. The Labute approximate surface area is 167 Å². The number of nitrogens with zero attached hydrogens (tertiary/aromatic N) is 2. The maximum Gasteiger partial charge on any atom is 0.0701 e. The lowest BCUT2D eigenvalue weighted by Gasteiger charge is -2.34. The van der Waals surface area contributed by atoms with E-state index in [1.165, 1.54) is 32.7 Å². The molecule has 1 rings (SSSR count). The van der Waals surface area contributed by atoms with Crippen molar-refractivity contribution in [3.05, 3.63) is 0 Å². The molecule has 1 aliphatic heterocycles. The molecule has 0 aromatic heterocycles. The van der Waals surface area contributed by atoms with Crippen molar-refractivity contribution >= 4 is 0 Å². The van der Waals surface area contributed by atoms with E-state index >= 15 is 0 Å². The second kappa shape index (κ2) is 16.7. The molecule has 0 radical (unpaired) electrons. The van der Waals surface area contributed by atoms with Crippen LogP contribution in [0.3, 0.4) is 0 Å². The van der Waals surface area contributed by atoms with Crippen molar-refractivity contribution in [1.82, 2.24) is 25.8 Å². The molecule has 0 aromatic carbocycles. The van der Waals surface area contributed by atoms with Crippen LogP contribution in [0, 0.1) is 0 Å². The molecule has 0 spiro atoms. The van der Waals surface area contributed by atoms with E-state index in [0.29, 0.717) is 25.3 Å². The third-order valence-electron chi connectivity index (χ3n) is 4.64. The second-order valence-electron chi connectivity index (χ2n) is 7.88. The van der Waals surface area contributed by atoms with E-state index in [0.717, 1.165) is 45.9 Å². The molecule has 7 heteroatoms. The summed E-state index contributed by atoms with van der Waals surface area (Å²) in [6, 6.07) is 1.10. The van der Waals surface area contributed by atoms with Crippen LogP contribution in [-0.4, -0.2) is 114 Å². The Balaban J connectivity index is 1.80. The molecule has 0 bridgehead atoms. The molecule has 0 aromatic rings. The van der Waals surface area contributed by atoms with Crippen molar-refractivity contribution in [2.75, 3.05) is 91.9 Å². The third-order valence-corrected chi connectivity index (χ3v) is 4.64. The Morgan fingerprint density at radius 2 is 1.11 bits per heavy atom. The van der Waals surface area contributed by atoms with Gasteiger partial charge in [-0.2, -0.15) is 0 Å². The van der Waals surface area contributed by atoms with Crippen LogP contribution < -0.4 is 16.0 Å². The van der Waals surface area contributed by atoms with E-state index in [1.807, 2.05) is 0 Å². The molecule has 1 heterocycles. The van der Waals surface area contributed by atoms with Gasteiger partial charge < -0.3 is 25.4 Å². The largest absolute Gasteiger partial charge is 0.378 e. The number of ether oxygens (including phenoxy) is 2. The van der Waals surface area contributed by atoms with Gasteiger partial charge in [0.05, 0.1) is 26.4 Å². The fourth-order valence-electron chi connectivity index (χ4n) is 3.00. The zero-order valence-corrected chi connectivity index (χ0v) is 18.3. The maximum atomic E-state index is 5.59. The van der Waals surface area contributed by atoms with Gasteiger partial charge in [0.25, 0.3) is 0 Å². The molecule has 1 fully saturated rings. The molecule has 3 N–H and O–H groups in total. The molecule has 0 amide bonds. The number of nitrogens with one attached hydrogen (secondary N) is 3. The number of hydrogen-bond acceptors (Lipinski definition) is 7. The van der Waals surface area contributed by atoms with E-state index in [2.05, 4.69) is 53.4 Å². The van der Waals surface area contributed by atoms with Gasteiger partial charge in [-0.15, -0.1) is 0 Å². The molecule has 7 nitrogen and oxygen atoms in total. The lowest BCUT2D eigenvalue weighted by atomic mass is 10.3. The van der Waals surface area contributed by atoms with Gasteiger partial charge in [0.2, 0.25) is 0 Å². The van der Waals surface area contributed by atoms with E-state index in [4.69, 9.17) is 9.47 Å². The Hall–Kier alpha value is -0.280. The summed E-state index contributed by atoms with van der Waals surface area (Å²) in [4.78, 5) is 5.12. The number of piperazine rings is 1. The SMILES string of the molecule is CC(C)NCCOCCOCCNCCN1CCN(CCNC(C)C)CC1. The molecule has 0 unspecified atom stereocenters. The first-order valence-corrected chi connectivity index (χ1v) is 10.9. The molecular formula is C20H45N5O2. The highest BCUT2D eigenvalue weighted by Gasteiger charge is 2.15. The van der Waals surface area contributed by atoms with Gasteiger partial charge in [0.1, 0.15) is 0 Å². The molecule has 0 atom stereocenters. The average Bonchev–Trinajstić information content (AvgIpc) is 2.63. The van der Waals surface area contributed by atoms with Crippen molar-refractivity contribution in [2.45, 2.75) is 39.8 Å². The predicted octanol–water partition coefficient (Wildman–Crippen LogP) is 0.223. The molecule has 27 heavy (non-hydrogen) atoms. The van der Waals surface area contributed by atoms with Crippen LogP contribution in [0.25, 0.3) is 0 Å². The minimum absolute atomic E-state index is 0.520. The van der Waals surface area contributed by atoms with Crippen molar-refractivity contribution < 1.29 is 9.47 Å². The summed E-state index contributed by atoms with van der Waals surface area (Å²) in [5.74, 6) is 0. The van der Waals surface area contributed by atoms with Gasteiger partial charge in [-0.25, -0.2) is 0 Å². The van der Waals surface area contributed by atoms with Crippen LogP contribution in [0.2, 0.25) is 0 Å². The van der Waals surface area contributed by atoms with E-state index < -0.39 is 0 Å². The summed E-state index contributed by atoms with van der Waals surface area (Å²) in [6.07, 6.45) is 0. The van der Waals surface area contributed by atoms with E-state index in [-0.39, 0.29) is 0 Å². The molecule has 162 valence electrons. The van der Waals surface area contributed by atoms with Gasteiger partial charge in [0.15, 0.2) is 0 Å². The molecule has 1 saturated heterocycles. The highest BCUT2D eigenvalue weighted by Crippen LogP contribution is 2.00. The second-order valence-corrected chi connectivity index (χ2v) is 7.88. The van der Waals surface area contributed by atoms with Crippen LogP contribution in [0.5, 0.6) is 0 Å². The summed E-state index contributed by atoms with van der Waals surface area (Å²) in [7, 11) is 0. The number of hydrogen-bond donors (Lipinski definition) is 3. The van der Waals surface area contributed by atoms with Crippen LogP contribution in [0.1, 0.15) is 27.7 Å². The summed E-state index contributed by atoms with van der Waals surface area (Å²) in [5, 5.41) is 10.3. The Bertz CT molecular complexity index is 323. The molecule has 0 saturated carbocycles. The standard InChI is InChI=1S/C20H45N5O2/c1-19(2)22-6-10-25-13-11-24(12-14-25)9-5-21-7-15-26-17-18-27-16-8-23-20(3)4/h19-23H,5-18H2,1-4H3. The zero-order chi connectivity index (χ0) is 19.7. The van der Waals surface area contributed by atoms with Gasteiger partial charge in [0, 0.05) is 77.5 Å². The summed E-state index contributed by atoms with van der Waals surface area (Å²) < 4.78 is 11.1. The average molecular weight is 388 g/mol. The fourth-order valence-corrected chi connectivity index (χ4v) is 3.00. The lowest BCUT2D eigenvalue weighted by molar-refractivity contribution is 0.0492. The minimum atomic E-state index is 0.520. The molecular weight excluding hydrogens is 342 g/mol. The van der Waals surface area contributed by atoms with Crippen LogP contribution in [-0.2, 0) is 9.47 Å². The topological polar surface area (TPSA) is 61.0 Å². The smallest absolute Gasteiger partial charge is 0.0701 e. The number of rotatable bonds is 17. The summed E-state index contributed by atoms with van der Waals surface area (Å²) in [6.45, 7) is 22.5. The highest BCUT2D eigenvalue weighted by atomic mass is 16.5. The normalized spacial score (nSPS) is 16.7. The maximum absolute atomic E-state index is 5.59. The van der Waals surface area contributed by atoms with Crippen molar-refractivity contribution in [1.29, 1.82) is 0 Å². The molecule has 0 aliphatic carbocycles. The van der Waals surface area contributed by atoms with Gasteiger partial charge in [-0.3, -0.25) is 9.80 Å². The minimum Gasteiger partial charge on any atom is -0.378 e. The first kappa shape index (κ1) is 24.8. The monoisotopic (exact) mass is 387 g/mol.